The van der Waals surface area contributed by atoms with Crippen LogP contribution in [0.15, 0.2) is 59.7 Å². The van der Waals surface area contributed by atoms with Gasteiger partial charge < -0.3 is 0 Å². The van der Waals surface area contributed by atoms with E-state index in [1.807, 2.05) is 0 Å². The predicted octanol–water partition coefficient (Wildman–Crippen LogP) is 3.31. The molecule has 4 aliphatic carbocycles. The maximum atomic E-state index is 2.31. The molecule has 0 amide bonds. The largest absolute Gasteiger partial charge is 0.0587 e. The molecule has 0 saturated carbocycles. The highest BCUT2D eigenvalue weighted by atomic mass is 14.5. The van der Waals surface area contributed by atoms with Crippen molar-refractivity contribution in [2.45, 2.75) is 18.3 Å². The minimum atomic E-state index is 0.227. The molecule has 0 radical (unpaired) electrons. The van der Waals surface area contributed by atoms with E-state index in [1.165, 1.54) is 35.1 Å². The molecular formula is C15H12. The Hall–Kier alpha value is -1.56. The van der Waals surface area contributed by atoms with E-state index >= 15 is 0 Å². The summed E-state index contributed by atoms with van der Waals surface area (Å²) < 4.78 is 0. The fraction of sp³-hybridized carbons (Fsp3) is 0.200. The third-order valence-corrected chi connectivity index (χ3v) is 4.11. The summed E-state index contributed by atoms with van der Waals surface area (Å²) in [6, 6.07) is 9.18. The van der Waals surface area contributed by atoms with Crippen molar-refractivity contribution in [3.63, 3.8) is 0 Å². The first-order valence-corrected chi connectivity index (χ1v) is 5.60. The zero-order valence-corrected chi connectivity index (χ0v) is 8.53. The Morgan fingerprint density at radius 3 is 2.13 bits per heavy atom. The molecule has 5 rings (SSSR count). The molecular weight excluding hydrogens is 180 g/mol. The average molecular weight is 192 g/mol. The van der Waals surface area contributed by atoms with Gasteiger partial charge in [-0.1, -0.05) is 48.6 Å². The number of aryl methyl sites for hydroxylation is 1. The highest BCUT2D eigenvalue weighted by Gasteiger charge is 2.43. The summed E-state index contributed by atoms with van der Waals surface area (Å²) in [4.78, 5) is 0. The molecule has 1 spiro atoms. The van der Waals surface area contributed by atoms with Crippen LogP contribution in [0.25, 0.3) is 0 Å². The van der Waals surface area contributed by atoms with E-state index in [2.05, 4.69) is 48.6 Å². The van der Waals surface area contributed by atoms with Crippen molar-refractivity contribution in [2.24, 2.45) is 0 Å². The van der Waals surface area contributed by atoms with E-state index < -0.39 is 0 Å². The number of hydrogen-bond donors (Lipinski definition) is 0. The normalized spacial score (nSPS) is 23.2. The Kier molecular flexibility index (Phi) is 1.19. The zero-order chi connectivity index (χ0) is 9.88. The van der Waals surface area contributed by atoms with E-state index in [9.17, 15) is 0 Å². The van der Waals surface area contributed by atoms with Crippen LogP contribution in [0.4, 0.5) is 0 Å². The summed E-state index contributed by atoms with van der Waals surface area (Å²) in [5.74, 6) is 0. The SMILES string of the molecule is C1=CC2=CC=C1C21CCc2ccc1cc2. The number of fused-ring (bicyclic) bond motifs is 3. The first-order valence-electron chi connectivity index (χ1n) is 5.60. The minimum Gasteiger partial charge on any atom is -0.0587 e. The molecule has 0 nitrogen and oxygen atoms in total. The second-order valence-electron chi connectivity index (χ2n) is 4.68. The number of benzene rings is 1. The van der Waals surface area contributed by atoms with Crippen molar-refractivity contribution in [3.8, 4) is 0 Å². The summed E-state index contributed by atoms with van der Waals surface area (Å²) in [5, 5.41) is 0. The van der Waals surface area contributed by atoms with Gasteiger partial charge in [0.25, 0.3) is 0 Å². The number of rotatable bonds is 0. The molecule has 0 aliphatic heterocycles. The summed E-state index contributed by atoms with van der Waals surface area (Å²) in [6.07, 6.45) is 11.6. The van der Waals surface area contributed by atoms with Gasteiger partial charge in [-0.15, -0.1) is 0 Å². The van der Waals surface area contributed by atoms with Crippen molar-refractivity contribution in [1.82, 2.24) is 0 Å². The Labute approximate surface area is 89.6 Å². The summed E-state index contributed by atoms with van der Waals surface area (Å²) >= 11 is 0. The lowest BCUT2D eigenvalue weighted by atomic mass is 9.73. The highest BCUT2D eigenvalue weighted by molar-refractivity contribution is 5.66. The fourth-order valence-electron chi connectivity index (χ4n) is 3.26. The van der Waals surface area contributed by atoms with Crippen LogP contribution in [0.2, 0.25) is 0 Å². The van der Waals surface area contributed by atoms with Gasteiger partial charge in [0.05, 0.1) is 0 Å². The molecule has 1 aromatic carbocycles. The van der Waals surface area contributed by atoms with Crippen molar-refractivity contribution in [2.75, 3.05) is 0 Å². The molecule has 0 N–H and O–H groups in total. The molecule has 4 bridgehead atoms. The Morgan fingerprint density at radius 1 is 0.867 bits per heavy atom. The molecule has 0 saturated heterocycles. The molecule has 15 heavy (non-hydrogen) atoms. The fourth-order valence-corrected chi connectivity index (χ4v) is 3.26. The van der Waals surface area contributed by atoms with Gasteiger partial charge in [0.15, 0.2) is 0 Å². The van der Waals surface area contributed by atoms with Crippen LogP contribution in [-0.4, -0.2) is 0 Å². The van der Waals surface area contributed by atoms with Gasteiger partial charge >= 0.3 is 0 Å². The van der Waals surface area contributed by atoms with E-state index in [0.29, 0.717) is 0 Å². The summed E-state index contributed by atoms with van der Waals surface area (Å²) in [5.41, 5.74) is 6.16. The van der Waals surface area contributed by atoms with Gasteiger partial charge in [-0.25, -0.2) is 0 Å². The molecule has 0 aromatic heterocycles. The molecule has 0 heterocycles. The van der Waals surface area contributed by atoms with Crippen LogP contribution in [0.5, 0.6) is 0 Å². The van der Waals surface area contributed by atoms with Gasteiger partial charge in [0, 0.05) is 5.41 Å². The molecule has 0 heteroatoms. The zero-order valence-electron chi connectivity index (χ0n) is 8.53. The quantitative estimate of drug-likeness (QED) is 0.591. The second kappa shape index (κ2) is 2.33. The average Bonchev–Trinajstić information content (AvgIpc) is 2.66. The third kappa shape index (κ3) is 0.753. The van der Waals surface area contributed by atoms with E-state index in [0.717, 1.165) is 0 Å². The monoisotopic (exact) mass is 192 g/mol. The van der Waals surface area contributed by atoms with Crippen molar-refractivity contribution in [3.05, 3.63) is 70.8 Å². The molecule has 0 fully saturated rings. The number of allylic oxidation sites excluding steroid dienone is 6. The van der Waals surface area contributed by atoms with Gasteiger partial charge in [0.1, 0.15) is 0 Å². The van der Waals surface area contributed by atoms with Crippen LogP contribution >= 0.6 is 0 Å². The predicted molar refractivity (Wildman–Crippen MR) is 61.7 cm³/mol. The van der Waals surface area contributed by atoms with Gasteiger partial charge in [-0.2, -0.15) is 0 Å². The number of hydrogen-bond acceptors (Lipinski definition) is 0. The molecule has 0 atom stereocenters. The third-order valence-electron chi connectivity index (χ3n) is 4.11. The summed E-state index contributed by atoms with van der Waals surface area (Å²) in [7, 11) is 0. The van der Waals surface area contributed by atoms with Gasteiger partial charge in [0.2, 0.25) is 0 Å². The molecule has 4 aliphatic rings. The van der Waals surface area contributed by atoms with Crippen LogP contribution < -0.4 is 0 Å². The Balaban J connectivity index is 2.02. The van der Waals surface area contributed by atoms with Crippen LogP contribution in [-0.2, 0) is 11.8 Å². The minimum absolute atomic E-state index is 0.227. The topological polar surface area (TPSA) is 0 Å². The molecule has 72 valence electrons. The van der Waals surface area contributed by atoms with Crippen molar-refractivity contribution >= 4 is 0 Å². The lowest BCUT2D eigenvalue weighted by Crippen LogP contribution is -2.24. The lowest BCUT2D eigenvalue weighted by Gasteiger charge is -2.29. The standard InChI is InChI=1S/C15H12/c1-3-12-4-2-11(1)9-10-15(12)13-5-6-14(15)8-7-13/h1-8H,9-10H2. The molecule has 1 aromatic rings. The van der Waals surface area contributed by atoms with Crippen molar-refractivity contribution in [1.29, 1.82) is 0 Å². The maximum absolute atomic E-state index is 2.31. The van der Waals surface area contributed by atoms with Gasteiger partial charge in [-0.05, 0) is 35.1 Å². The second-order valence-corrected chi connectivity index (χ2v) is 4.68. The first-order chi connectivity index (χ1) is 7.39. The summed E-state index contributed by atoms with van der Waals surface area (Å²) in [6.45, 7) is 0. The Bertz CT molecular complexity index is 502. The lowest BCUT2D eigenvalue weighted by molar-refractivity contribution is 0.588. The van der Waals surface area contributed by atoms with Crippen LogP contribution in [0.3, 0.4) is 0 Å². The van der Waals surface area contributed by atoms with E-state index in [-0.39, 0.29) is 5.41 Å². The van der Waals surface area contributed by atoms with Crippen LogP contribution in [0.1, 0.15) is 17.5 Å². The smallest absolute Gasteiger partial charge is 0.0454 e. The van der Waals surface area contributed by atoms with Crippen LogP contribution in [0, 0.1) is 0 Å². The maximum Gasteiger partial charge on any atom is 0.0454 e. The first kappa shape index (κ1) is 7.70. The van der Waals surface area contributed by atoms with E-state index in [4.69, 9.17) is 0 Å². The molecule has 0 unspecified atom stereocenters. The van der Waals surface area contributed by atoms with Gasteiger partial charge in [-0.3, -0.25) is 0 Å². The Morgan fingerprint density at radius 2 is 1.53 bits per heavy atom. The van der Waals surface area contributed by atoms with Crippen molar-refractivity contribution < 1.29 is 0 Å². The van der Waals surface area contributed by atoms with E-state index in [1.54, 1.807) is 0 Å². The highest BCUT2D eigenvalue weighted by Crippen LogP contribution is 2.52.